The Morgan fingerprint density at radius 2 is 2.00 bits per heavy atom. The molecule has 0 bridgehead atoms. The van der Waals surface area contributed by atoms with Crippen molar-refractivity contribution in [2.24, 2.45) is 0 Å². The van der Waals surface area contributed by atoms with Crippen LogP contribution >= 0.6 is 0 Å². The van der Waals surface area contributed by atoms with Crippen LogP contribution in [-0.4, -0.2) is 22.4 Å². The van der Waals surface area contributed by atoms with E-state index in [0.717, 1.165) is 6.42 Å². The molecule has 1 saturated heterocycles. The molecule has 3 heteroatoms. The Balaban J connectivity index is 1.59. The van der Waals surface area contributed by atoms with Crippen molar-refractivity contribution in [1.82, 2.24) is 15.1 Å². The minimum atomic E-state index is 0.663. The predicted octanol–water partition coefficient (Wildman–Crippen LogP) is 2.68. The third kappa shape index (κ3) is 2.71. The van der Waals surface area contributed by atoms with E-state index in [-0.39, 0.29) is 0 Å². The zero-order valence-electron chi connectivity index (χ0n) is 10.6. The molecule has 1 N–H and O–H groups in total. The van der Waals surface area contributed by atoms with Crippen LogP contribution < -0.4 is 5.32 Å². The van der Waals surface area contributed by atoms with Crippen LogP contribution in [0.2, 0.25) is 0 Å². The van der Waals surface area contributed by atoms with E-state index in [9.17, 15) is 0 Å². The number of piperidine rings is 1. The highest BCUT2D eigenvalue weighted by molar-refractivity contribution is 5.03. The van der Waals surface area contributed by atoms with Gasteiger partial charge in [-0.15, -0.1) is 0 Å². The monoisotopic (exact) mass is 233 g/mol. The van der Waals surface area contributed by atoms with Gasteiger partial charge in [0.05, 0.1) is 11.7 Å². The second kappa shape index (κ2) is 5.21. The molecule has 0 aromatic carbocycles. The molecule has 1 aromatic heterocycles. The smallest absolute Gasteiger partial charge is 0.0640 e. The van der Waals surface area contributed by atoms with Crippen LogP contribution in [0.15, 0.2) is 12.3 Å². The van der Waals surface area contributed by atoms with Crippen molar-refractivity contribution in [2.45, 2.75) is 63.5 Å². The van der Waals surface area contributed by atoms with E-state index in [1.807, 2.05) is 0 Å². The normalized spacial score (nSPS) is 26.5. The zero-order valence-corrected chi connectivity index (χ0v) is 10.6. The molecule has 0 amide bonds. The number of hydrogen-bond donors (Lipinski definition) is 1. The Morgan fingerprint density at radius 3 is 2.76 bits per heavy atom. The van der Waals surface area contributed by atoms with Crippen molar-refractivity contribution in [3.8, 4) is 0 Å². The standard InChI is InChI=1S/C14H23N3/c1-2-7-14(6-1)17-10-8-13(16-17)11-12-5-3-4-9-15-12/h8,10,12,14-15H,1-7,9,11H2. The molecular formula is C14H23N3. The summed E-state index contributed by atoms with van der Waals surface area (Å²) < 4.78 is 2.21. The largest absolute Gasteiger partial charge is 0.314 e. The van der Waals surface area contributed by atoms with E-state index in [1.54, 1.807) is 0 Å². The first-order valence-corrected chi connectivity index (χ1v) is 7.19. The van der Waals surface area contributed by atoms with Crippen molar-refractivity contribution in [2.75, 3.05) is 6.54 Å². The molecule has 0 spiro atoms. The molecular weight excluding hydrogens is 210 g/mol. The summed E-state index contributed by atoms with van der Waals surface area (Å²) in [4.78, 5) is 0. The van der Waals surface area contributed by atoms with E-state index < -0.39 is 0 Å². The molecule has 1 saturated carbocycles. The first kappa shape index (κ1) is 11.3. The topological polar surface area (TPSA) is 29.9 Å². The van der Waals surface area contributed by atoms with E-state index >= 15 is 0 Å². The number of nitrogens with zero attached hydrogens (tertiary/aromatic N) is 2. The highest BCUT2D eigenvalue weighted by atomic mass is 15.3. The van der Waals surface area contributed by atoms with E-state index in [0.29, 0.717) is 12.1 Å². The molecule has 94 valence electrons. The summed E-state index contributed by atoms with van der Waals surface area (Å²) >= 11 is 0. The Hall–Kier alpha value is -0.830. The van der Waals surface area contributed by atoms with Gasteiger partial charge in [-0.25, -0.2) is 0 Å². The lowest BCUT2D eigenvalue weighted by molar-refractivity contribution is 0.392. The first-order chi connectivity index (χ1) is 8.42. The summed E-state index contributed by atoms with van der Waals surface area (Å²) in [5, 5.41) is 8.36. The molecule has 3 rings (SSSR count). The molecule has 2 aliphatic rings. The van der Waals surface area contributed by atoms with Gasteiger partial charge in [0.1, 0.15) is 0 Å². The van der Waals surface area contributed by atoms with Crippen molar-refractivity contribution in [3.63, 3.8) is 0 Å². The molecule has 1 unspecified atom stereocenters. The average Bonchev–Trinajstić information content (AvgIpc) is 3.00. The fourth-order valence-electron chi connectivity index (χ4n) is 3.21. The zero-order chi connectivity index (χ0) is 11.5. The molecule has 2 heterocycles. The SMILES string of the molecule is c1cn(C2CCCC2)nc1CC1CCCCN1. The molecule has 0 radical (unpaired) electrons. The molecule has 2 fully saturated rings. The van der Waals surface area contributed by atoms with Crippen LogP contribution in [0.4, 0.5) is 0 Å². The second-order valence-corrected chi connectivity index (χ2v) is 5.58. The quantitative estimate of drug-likeness (QED) is 0.870. The number of rotatable bonds is 3. The first-order valence-electron chi connectivity index (χ1n) is 7.19. The van der Waals surface area contributed by atoms with Crippen LogP contribution in [-0.2, 0) is 6.42 Å². The molecule has 1 atom stereocenters. The fraction of sp³-hybridized carbons (Fsp3) is 0.786. The van der Waals surface area contributed by atoms with E-state index in [4.69, 9.17) is 5.10 Å². The molecule has 17 heavy (non-hydrogen) atoms. The molecule has 1 aliphatic heterocycles. The van der Waals surface area contributed by atoms with E-state index in [1.165, 1.54) is 57.2 Å². The van der Waals surface area contributed by atoms with Crippen LogP contribution in [0.1, 0.15) is 56.7 Å². The summed E-state index contributed by atoms with van der Waals surface area (Å²) in [5.41, 5.74) is 1.27. The van der Waals surface area contributed by atoms with Gasteiger partial charge in [0.25, 0.3) is 0 Å². The van der Waals surface area contributed by atoms with Crippen LogP contribution in [0.25, 0.3) is 0 Å². The van der Waals surface area contributed by atoms with Crippen molar-refractivity contribution in [1.29, 1.82) is 0 Å². The van der Waals surface area contributed by atoms with Crippen LogP contribution in [0.3, 0.4) is 0 Å². The Morgan fingerprint density at radius 1 is 1.18 bits per heavy atom. The Bertz CT molecular complexity index is 346. The molecule has 3 nitrogen and oxygen atoms in total. The minimum absolute atomic E-state index is 0.663. The lowest BCUT2D eigenvalue weighted by Crippen LogP contribution is -2.35. The number of hydrogen-bond acceptors (Lipinski definition) is 2. The summed E-state index contributed by atoms with van der Waals surface area (Å²) in [5.74, 6) is 0. The van der Waals surface area contributed by atoms with Gasteiger partial charge in [-0.1, -0.05) is 19.3 Å². The van der Waals surface area contributed by atoms with Gasteiger partial charge >= 0.3 is 0 Å². The van der Waals surface area contributed by atoms with E-state index in [2.05, 4.69) is 22.3 Å². The molecule has 1 aromatic rings. The van der Waals surface area contributed by atoms with Gasteiger partial charge in [0, 0.05) is 18.7 Å². The summed E-state index contributed by atoms with van der Waals surface area (Å²) in [6.45, 7) is 1.19. The Kier molecular flexibility index (Phi) is 3.46. The maximum atomic E-state index is 4.76. The highest BCUT2D eigenvalue weighted by Gasteiger charge is 2.19. The van der Waals surface area contributed by atoms with Gasteiger partial charge in [0.15, 0.2) is 0 Å². The predicted molar refractivity (Wildman–Crippen MR) is 69.1 cm³/mol. The summed E-state index contributed by atoms with van der Waals surface area (Å²) in [6.07, 6.45) is 12.7. The number of aromatic nitrogens is 2. The fourth-order valence-corrected chi connectivity index (χ4v) is 3.21. The highest BCUT2D eigenvalue weighted by Crippen LogP contribution is 2.28. The maximum absolute atomic E-state index is 4.76. The van der Waals surface area contributed by atoms with Gasteiger partial charge in [-0.05, 0) is 38.3 Å². The summed E-state index contributed by atoms with van der Waals surface area (Å²) in [6, 6.07) is 3.56. The lowest BCUT2D eigenvalue weighted by atomic mass is 10.0. The van der Waals surface area contributed by atoms with Crippen molar-refractivity contribution in [3.05, 3.63) is 18.0 Å². The number of nitrogens with one attached hydrogen (secondary N) is 1. The molecule has 1 aliphatic carbocycles. The van der Waals surface area contributed by atoms with Crippen molar-refractivity contribution >= 4 is 0 Å². The van der Waals surface area contributed by atoms with Crippen LogP contribution in [0, 0.1) is 0 Å². The minimum Gasteiger partial charge on any atom is -0.314 e. The van der Waals surface area contributed by atoms with Crippen molar-refractivity contribution < 1.29 is 0 Å². The van der Waals surface area contributed by atoms with Crippen LogP contribution in [0.5, 0.6) is 0 Å². The van der Waals surface area contributed by atoms with Gasteiger partial charge in [0.2, 0.25) is 0 Å². The third-order valence-corrected chi connectivity index (χ3v) is 4.23. The lowest BCUT2D eigenvalue weighted by Gasteiger charge is -2.22. The summed E-state index contributed by atoms with van der Waals surface area (Å²) in [7, 11) is 0. The average molecular weight is 233 g/mol. The second-order valence-electron chi connectivity index (χ2n) is 5.58. The third-order valence-electron chi connectivity index (χ3n) is 4.23. The maximum Gasteiger partial charge on any atom is 0.0640 e. The van der Waals surface area contributed by atoms with Gasteiger partial charge in [-0.3, -0.25) is 4.68 Å². The Labute approximate surface area is 104 Å². The van der Waals surface area contributed by atoms with Gasteiger partial charge < -0.3 is 5.32 Å². The van der Waals surface area contributed by atoms with Gasteiger partial charge in [-0.2, -0.15) is 5.10 Å².